The van der Waals surface area contributed by atoms with Gasteiger partial charge in [-0.05, 0) is 36.8 Å². The molecule has 0 aliphatic carbocycles. The molecule has 2 aromatic rings. The van der Waals surface area contributed by atoms with Crippen LogP contribution in [-0.4, -0.2) is 11.0 Å². The number of carbonyl (C=O) groups excluding carboxylic acids is 1. The molecule has 0 spiro atoms. The lowest BCUT2D eigenvalue weighted by Gasteiger charge is -2.09. The second-order valence-corrected chi connectivity index (χ2v) is 4.20. The topological polar surface area (TPSA) is 49.3 Å². The maximum absolute atomic E-state index is 13.4. The number of aryl methyl sites for hydroxylation is 1. The quantitative estimate of drug-likeness (QED) is 0.829. The molecule has 20 heavy (non-hydrogen) atoms. The number of carbonyl (C=O) groups is 1. The van der Waals surface area contributed by atoms with Crippen LogP contribution in [0.25, 0.3) is 0 Å². The molecular weight excluding hydrogens is 271 g/mol. The Hall–Kier alpha value is -2.50. The summed E-state index contributed by atoms with van der Waals surface area (Å²) in [6.07, 6.45) is 0. The number of nitrogens with one attached hydrogen (secondary N) is 1. The smallest absolute Gasteiger partial charge is 0.259 e. The zero-order valence-electron chi connectivity index (χ0n) is 10.4. The van der Waals surface area contributed by atoms with E-state index >= 15 is 0 Å². The Balaban J connectivity index is 2.30. The molecule has 0 heterocycles. The summed E-state index contributed by atoms with van der Waals surface area (Å²) in [5.74, 6) is -5.63. The molecule has 0 atom stereocenters. The molecule has 104 valence electrons. The number of amides is 1. The van der Waals surface area contributed by atoms with Gasteiger partial charge in [0.25, 0.3) is 5.91 Å². The fourth-order valence-electron chi connectivity index (χ4n) is 1.65. The summed E-state index contributed by atoms with van der Waals surface area (Å²) < 4.78 is 39.2. The van der Waals surface area contributed by atoms with Crippen LogP contribution in [0.3, 0.4) is 0 Å². The summed E-state index contributed by atoms with van der Waals surface area (Å²) in [5, 5.41) is 11.7. The number of hydrogen-bond donors (Lipinski definition) is 2. The van der Waals surface area contributed by atoms with Crippen molar-refractivity contribution < 1.29 is 23.1 Å². The Bertz CT molecular complexity index is 686. The summed E-state index contributed by atoms with van der Waals surface area (Å²) >= 11 is 0. The molecule has 0 fully saturated rings. The second kappa shape index (κ2) is 5.24. The fraction of sp³-hybridized carbons (Fsp3) is 0.0714. The minimum atomic E-state index is -1.67. The SMILES string of the molecule is Cc1ccc(C(=O)Nc2ccc(F)c(F)c2F)c(O)c1. The van der Waals surface area contributed by atoms with Crippen LogP contribution in [0.4, 0.5) is 18.9 Å². The van der Waals surface area contributed by atoms with E-state index in [9.17, 15) is 23.1 Å². The Kier molecular flexibility index (Phi) is 3.65. The predicted molar refractivity (Wildman–Crippen MR) is 67.1 cm³/mol. The number of aromatic hydroxyl groups is 1. The van der Waals surface area contributed by atoms with E-state index < -0.39 is 29.0 Å². The van der Waals surface area contributed by atoms with Gasteiger partial charge in [-0.25, -0.2) is 13.2 Å². The molecule has 0 aliphatic heterocycles. The Morgan fingerprint density at radius 1 is 1.10 bits per heavy atom. The van der Waals surface area contributed by atoms with Crippen LogP contribution >= 0.6 is 0 Å². The minimum absolute atomic E-state index is 0.0975. The normalized spacial score (nSPS) is 10.4. The summed E-state index contributed by atoms with van der Waals surface area (Å²) in [4.78, 5) is 11.8. The molecule has 0 bridgehead atoms. The highest BCUT2D eigenvalue weighted by atomic mass is 19.2. The first-order valence-corrected chi connectivity index (χ1v) is 5.64. The summed E-state index contributed by atoms with van der Waals surface area (Å²) in [7, 11) is 0. The number of anilines is 1. The van der Waals surface area contributed by atoms with E-state index in [1.54, 1.807) is 13.0 Å². The van der Waals surface area contributed by atoms with Crippen LogP contribution in [0.5, 0.6) is 5.75 Å². The standard InChI is InChI=1S/C14H10F3NO2/c1-7-2-3-8(11(19)6-7)14(20)18-10-5-4-9(15)12(16)13(10)17/h2-6,19H,1H3,(H,18,20). The molecule has 0 aliphatic rings. The van der Waals surface area contributed by atoms with Crippen molar-refractivity contribution in [2.75, 3.05) is 5.32 Å². The van der Waals surface area contributed by atoms with Crippen molar-refractivity contribution in [2.24, 2.45) is 0 Å². The zero-order chi connectivity index (χ0) is 14.9. The molecule has 3 nitrogen and oxygen atoms in total. The van der Waals surface area contributed by atoms with Crippen molar-refractivity contribution in [3.05, 3.63) is 58.9 Å². The Labute approximate surface area is 112 Å². The summed E-state index contributed by atoms with van der Waals surface area (Å²) in [6.45, 7) is 1.72. The molecule has 2 rings (SSSR count). The molecule has 0 radical (unpaired) electrons. The van der Waals surface area contributed by atoms with E-state index in [2.05, 4.69) is 5.32 Å². The monoisotopic (exact) mass is 281 g/mol. The van der Waals surface area contributed by atoms with Crippen LogP contribution in [0.15, 0.2) is 30.3 Å². The summed E-state index contributed by atoms with van der Waals surface area (Å²) in [5.41, 5.74) is 0.131. The third-order valence-corrected chi connectivity index (χ3v) is 2.68. The third-order valence-electron chi connectivity index (χ3n) is 2.68. The maximum atomic E-state index is 13.4. The van der Waals surface area contributed by atoms with Crippen LogP contribution in [-0.2, 0) is 0 Å². The van der Waals surface area contributed by atoms with Gasteiger partial charge in [0, 0.05) is 0 Å². The van der Waals surface area contributed by atoms with Crippen LogP contribution in [0, 0.1) is 24.4 Å². The second-order valence-electron chi connectivity index (χ2n) is 4.20. The number of phenolic OH excluding ortho intramolecular Hbond substituents is 1. The lowest BCUT2D eigenvalue weighted by atomic mass is 10.1. The lowest BCUT2D eigenvalue weighted by molar-refractivity contribution is 0.102. The van der Waals surface area contributed by atoms with E-state index in [-0.39, 0.29) is 11.3 Å². The largest absolute Gasteiger partial charge is 0.507 e. The van der Waals surface area contributed by atoms with Gasteiger partial charge in [0.15, 0.2) is 17.5 Å². The summed E-state index contributed by atoms with van der Waals surface area (Å²) in [6, 6.07) is 5.88. The molecule has 0 saturated carbocycles. The van der Waals surface area contributed by atoms with E-state index in [4.69, 9.17) is 0 Å². The average Bonchev–Trinajstić information content (AvgIpc) is 2.39. The third kappa shape index (κ3) is 2.59. The molecule has 1 amide bonds. The van der Waals surface area contributed by atoms with Gasteiger partial charge in [-0.1, -0.05) is 6.07 Å². The number of hydrogen-bond acceptors (Lipinski definition) is 2. The minimum Gasteiger partial charge on any atom is -0.507 e. The predicted octanol–water partition coefficient (Wildman–Crippen LogP) is 3.37. The van der Waals surface area contributed by atoms with Gasteiger partial charge in [0.2, 0.25) is 0 Å². The fourth-order valence-corrected chi connectivity index (χ4v) is 1.65. The van der Waals surface area contributed by atoms with Crippen LogP contribution < -0.4 is 5.32 Å². The number of halogens is 3. The molecular formula is C14H10F3NO2. The van der Waals surface area contributed by atoms with Crippen molar-refractivity contribution >= 4 is 11.6 Å². The highest BCUT2D eigenvalue weighted by Crippen LogP contribution is 2.23. The van der Waals surface area contributed by atoms with Gasteiger partial charge in [0.1, 0.15) is 5.75 Å². The van der Waals surface area contributed by atoms with Gasteiger partial charge >= 0.3 is 0 Å². The molecule has 0 unspecified atom stereocenters. The first kappa shape index (κ1) is 13.9. The van der Waals surface area contributed by atoms with Crippen molar-refractivity contribution in [1.82, 2.24) is 0 Å². The molecule has 2 aromatic carbocycles. The van der Waals surface area contributed by atoms with Crippen LogP contribution in [0.2, 0.25) is 0 Å². The Morgan fingerprint density at radius 2 is 1.80 bits per heavy atom. The number of rotatable bonds is 2. The van der Waals surface area contributed by atoms with Gasteiger partial charge in [0.05, 0.1) is 11.3 Å². The first-order chi connectivity index (χ1) is 9.40. The molecule has 2 N–H and O–H groups in total. The van der Waals surface area contributed by atoms with Gasteiger partial charge in [-0.15, -0.1) is 0 Å². The Morgan fingerprint density at radius 3 is 2.45 bits per heavy atom. The highest BCUT2D eigenvalue weighted by Gasteiger charge is 2.17. The highest BCUT2D eigenvalue weighted by molar-refractivity contribution is 6.06. The van der Waals surface area contributed by atoms with E-state index in [1.165, 1.54) is 12.1 Å². The van der Waals surface area contributed by atoms with Gasteiger partial charge in [-0.3, -0.25) is 4.79 Å². The van der Waals surface area contributed by atoms with Crippen molar-refractivity contribution in [1.29, 1.82) is 0 Å². The van der Waals surface area contributed by atoms with E-state index in [0.717, 1.165) is 11.6 Å². The van der Waals surface area contributed by atoms with Gasteiger partial charge in [-0.2, -0.15) is 0 Å². The van der Waals surface area contributed by atoms with Gasteiger partial charge < -0.3 is 10.4 Å². The maximum Gasteiger partial charge on any atom is 0.259 e. The average molecular weight is 281 g/mol. The van der Waals surface area contributed by atoms with Crippen molar-refractivity contribution in [3.63, 3.8) is 0 Å². The molecule has 0 aromatic heterocycles. The number of benzene rings is 2. The zero-order valence-corrected chi connectivity index (χ0v) is 10.4. The first-order valence-electron chi connectivity index (χ1n) is 5.64. The number of phenols is 1. The van der Waals surface area contributed by atoms with Crippen LogP contribution in [0.1, 0.15) is 15.9 Å². The van der Waals surface area contributed by atoms with Crippen molar-refractivity contribution in [3.8, 4) is 5.75 Å². The van der Waals surface area contributed by atoms with E-state index in [0.29, 0.717) is 6.07 Å². The van der Waals surface area contributed by atoms with E-state index in [1.807, 2.05) is 0 Å². The van der Waals surface area contributed by atoms with Crippen molar-refractivity contribution in [2.45, 2.75) is 6.92 Å². The lowest BCUT2D eigenvalue weighted by Crippen LogP contribution is -2.14. The molecule has 6 heteroatoms. The molecule has 0 saturated heterocycles.